The third-order valence-electron chi connectivity index (χ3n) is 4.70. The Morgan fingerprint density at radius 1 is 1.15 bits per heavy atom. The van der Waals surface area contributed by atoms with Gasteiger partial charge in [-0.05, 0) is 30.0 Å². The minimum absolute atomic E-state index is 0. The largest absolute Gasteiger partial charge is 0.380 e. The van der Waals surface area contributed by atoms with Gasteiger partial charge in [0.25, 0.3) is 0 Å². The smallest absolute Gasteiger partial charge is 0.193 e. The lowest BCUT2D eigenvalue weighted by Gasteiger charge is -2.28. The maximum atomic E-state index is 6.04. The van der Waals surface area contributed by atoms with Crippen LogP contribution in [0.4, 0.5) is 5.69 Å². The molecule has 0 radical (unpaired) electrons. The molecule has 0 saturated carbocycles. The van der Waals surface area contributed by atoms with Crippen molar-refractivity contribution in [2.24, 2.45) is 10.7 Å². The number of nitrogens with one attached hydrogen (secondary N) is 1. The summed E-state index contributed by atoms with van der Waals surface area (Å²) >= 11 is 0. The predicted molar refractivity (Wildman–Crippen MR) is 123 cm³/mol. The van der Waals surface area contributed by atoms with Crippen LogP contribution in [-0.4, -0.2) is 37.6 Å². The number of nitrogens with two attached hydrogens (primary N) is 1. The highest BCUT2D eigenvalue weighted by Crippen LogP contribution is 2.18. The van der Waals surface area contributed by atoms with Crippen LogP contribution in [0.25, 0.3) is 0 Å². The first-order valence-electron chi connectivity index (χ1n) is 9.19. The van der Waals surface area contributed by atoms with Gasteiger partial charge in [0.1, 0.15) is 0 Å². The van der Waals surface area contributed by atoms with Gasteiger partial charge in [0.15, 0.2) is 5.96 Å². The van der Waals surface area contributed by atoms with Crippen LogP contribution in [0.1, 0.15) is 23.1 Å². The van der Waals surface area contributed by atoms with E-state index in [1.165, 1.54) is 11.1 Å². The fraction of sp³-hybridized carbons (Fsp3) is 0.381. The first-order valence-corrected chi connectivity index (χ1v) is 9.19. The van der Waals surface area contributed by atoms with E-state index >= 15 is 0 Å². The molecule has 0 aromatic heterocycles. The molecule has 0 bridgehead atoms. The maximum absolute atomic E-state index is 6.04. The molecule has 0 amide bonds. The Labute approximate surface area is 179 Å². The Morgan fingerprint density at radius 2 is 1.89 bits per heavy atom. The van der Waals surface area contributed by atoms with Gasteiger partial charge in [0, 0.05) is 44.5 Å². The SMILES string of the molecule is COCc1ccccc1NC(N)=NCCCN1CCc2ccccc2C1.I. The summed E-state index contributed by atoms with van der Waals surface area (Å²) in [4.78, 5) is 6.96. The molecule has 146 valence electrons. The summed E-state index contributed by atoms with van der Waals surface area (Å²) in [5.41, 5.74) is 11.0. The molecule has 6 heteroatoms. The molecule has 3 rings (SSSR count). The molecular weight excluding hydrogens is 451 g/mol. The number of nitrogens with zero attached hydrogens (tertiary/aromatic N) is 2. The first-order chi connectivity index (χ1) is 12.8. The number of benzene rings is 2. The van der Waals surface area contributed by atoms with E-state index in [9.17, 15) is 0 Å². The number of guanidine groups is 1. The summed E-state index contributed by atoms with van der Waals surface area (Å²) in [5.74, 6) is 0.456. The van der Waals surface area contributed by atoms with Crippen molar-refractivity contribution in [1.82, 2.24) is 4.90 Å². The zero-order valence-corrected chi connectivity index (χ0v) is 18.2. The van der Waals surface area contributed by atoms with Crippen LogP contribution in [-0.2, 0) is 24.3 Å². The number of hydrogen-bond donors (Lipinski definition) is 2. The lowest BCUT2D eigenvalue weighted by atomic mass is 10.00. The van der Waals surface area contributed by atoms with Gasteiger partial charge in [-0.1, -0.05) is 42.5 Å². The monoisotopic (exact) mass is 480 g/mol. The number of rotatable bonds is 7. The van der Waals surface area contributed by atoms with Crippen LogP contribution in [0.2, 0.25) is 0 Å². The van der Waals surface area contributed by atoms with Crippen LogP contribution in [0, 0.1) is 0 Å². The van der Waals surface area contributed by atoms with Gasteiger partial charge < -0.3 is 15.8 Å². The topological polar surface area (TPSA) is 62.9 Å². The lowest BCUT2D eigenvalue weighted by molar-refractivity contribution is 0.185. The van der Waals surface area contributed by atoms with Crippen molar-refractivity contribution in [3.8, 4) is 0 Å². The quantitative estimate of drug-likeness (QED) is 0.275. The van der Waals surface area contributed by atoms with E-state index in [-0.39, 0.29) is 24.0 Å². The van der Waals surface area contributed by atoms with E-state index in [4.69, 9.17) is 10.5 Å². The van der Waals surface area contributed by atoms with Gasteiger partial charge in [-0.2, -0.15) is 0 Å². The second kappa shape index (κ2) is 11.3. The zero-order valence-electron chi connectivity index (χ0n) is 15.9. The van der Waals surface area contributed by atoms with E-state index in [1.807, 2.05) is 24.3 Å². The molecular formula is C21H29IN4O. The molecule has 0 aliphatic carbocycles. The minimum Gasteiger partial charge on any atom is -0.380 e. The number of hydrogen-bond acceptors (Lipinski definition) is 3. The Morgan fingerprint density at radius 3 is 2.70 bits per heavy atom. The molecule has 2 aromatic rings. The Hall–Kier alpha value is -1.64. The number of ether oxygens (including phenoxy) is 1. The van der Waals surface area contributed by atoms with Gasteiger partial charge in [0.05, 0.1) is 6.61 Å². The molecule has 1 aliphatic heterocycles. The Balaban J connectivity index is 0.00000261. The van der Waals surface area contributed by atoms with Crippen molar-refractivity contribution in [1.29, 1.82) is 0 Å². The van der Waals surface area contributed by atoms with E-state index in [0.29, 0.717) is 12.6 Å². The van der Waals surface area contributed by atoms with Crippen LogP contribution in [0.15, 0.2) is 53.5 Å². The highest BCUT2D eigenvalue weighted by molar-refractivity contribution is 14.0. The van der Waals surface area contributed by atoms with Crippen LogP contribution < -0.4 is 11.1 Å². The summed E-state index contributed by atoms with van der Waals surface area (Å²) in [6.45, 7) is 4.48. The third kappa shape index (κ3) is 6.48. The Kier molecular flexibility index (Phi) is 9.03. The van der Waals surface area contributed by atoms with Crippen molar-refractivity contribution in [3.63, 3.8) is 0 Å². The molecule has 0 fully saturated rings. The maximum Gasteiger partial charge on any atom is 0.193 e. The number of methoxy groups -OCH3 is 1. The number of anilines is 1. The fourth-order valence-corrected chi connectivity index (χ4v) is 3.34. The number of fused-ring (bicyclic) bond motifs is 1. The molecule has 3 N–H and O–H groups in total. The van der Waals surface area contributed by atoms with Gasteiger partial charge >= 0.3 is 0 Å². The number of aliphatic imine (C=N–C) groups is 1. The molecule has 2 aromatic carbocycles. The van der Waals surface area contributed by atoms with Gasteiger partial charge in [-0.25, -0.2) is 0 Å². The van der Waals surface area contributed by atoms with Crippen molar-refractivity contribution in [2.75, 3.05) is 32.1 Å². The second-order valence-corrected chi connectivity index (χ2v) is 6.63. The summed E-state index contributed by atoms with van der Waals surface area (Å²) in [5, 5.41) is 3.18. The standard InChI is InChI=1S/C21H28N4O.HI/c1-26-16-19-9-4-5-10-20(19)24-21(22)23-12-6-13-25-14-11-17-7-2-3-8-18(17)15-25;/h2-5,7-10H,6,11-16H2,1H3,(H3,22,23,24);1H. The fourth-order valence-electron chi connectivity index (χ4n) is 3.34. The van der Waals surface area contributed by atoms with Crippen molar-refractivity contribution in [2.45, 2.75) is 26.0 Å². The molecule has 0 atom stereocenters. The molecule has 0 unspecified atom stereocenters. The second-order valence-electron chi connectivity index (χ2n) is 6.63. The minimum atomic E-state index is 0. The molecule has 0 spiro atoms. The van der Waals surface area contributed by atoms with Gasteiger partial charge in [-0.3, -0.25) is 9.89 Å². The number of halogens is 1. The average molecular weight is 480 g/mol. The normalized spacial score (nSPS) is 14.3. The molecule has 5 nitrogen and oxygen atoms in total. The van der Waals surface area contributed by atoms with Crippen molar-refractivity contribution >= 4 is 35.6 Å². The lowest BCUT2D eigenvalue weighted by Crippen LogP contribution is -2.31. The van der Waals surface area contributed by atoms with E-state index in [0.717, 1.165) is 50.3 Å². The number of para-hydroxylation sites is 1. The van der Waals surface area contributed by atoms with Crippen LogP contribution >= 0.6 is 24.0 Å². The molecule has 27 heavy (non-hydrogen) atoms. The summed E-state index contributed by atoms with van der Waals surface area (Å²) in [6.07, 6.45) is 2.14. The highest BCUT2D eigenvalue weighted by Gasteiger charge is 2.14. The van der Waals surface area contributed by atoms with Gasteiger partial charge in [-0.15, -0.1) is 24.0 Å². The zero-order chi connectivity index (χ0) is 18.2. The van der Waals surface area contributed by atoms with E-state index in [2.05, 4.69) is 39.5 Å². The van der Waals surface area contributed by atoms with Crippen molar-refractivity contribution in [3.05, 3.63) is 65.2 Å². The Bertz CT molecular complexity index is 750. The molecule has 0 saturated heterocycles. The van der Waals surface area contributed by atoms with Crippen LogP contribution in [0.5, 0.6) is 0 Å². The average Bonchev–Trinajstić information content (AvgIpc) is 2.67. The summed E-state index contributed by atoms with van der Waals surface area (Å²) < 4.78 is 5.21. The van der Waals surface area contributed by atoms with E-state index in [1.54, 1.807) is 7.11 Å². The van der Waals surface area contributed by atoms with Crippen molar-refractivity contribution < 1.29 is 4.74 Å². The third-order valence-corrected chi connectivity index (χ3v) is 4.70. The summed E-state index contributed by atoms with van der Waals surface area (Å²) in [6, 6.07) is 16.7. The highest BCUT2D eigenvalue weighted by atomic mass is 127. The molecule has 1 heterocycles. The first kappa shape index (κ1) is 21.7. The van der Waals surface area contributed by atoms with Gasteiger partial charge in [0.2, 0.25) is 0 Å². The summed E-state index contributed by atoms with van der Waals surface area (Å²) in [7, 11) is 1.69. The van der Waals surface area contributed by atoms with E-state index < -0.39 is 0 Å². The van der Waals surface area contributed by atoms with Crippen LogP contribution in [0.3, 0.4) is 0 Å². The predicted octanol–water partition coefficient (Wildman–Crippen LogP) is 3.63. The molecule has 1 aliphatic rings.